The second kappa shape index (κ2) is 38.2. The Morgan fingerprint density at radius 2 is 1.02 bits per heavy atom. The molecule has 0 fully saturated rings. The Morgan fingerprint density at radius 3 is 1.50 bits per heavy atom. The van der Waals surface area contributed by atoms with Crippen LogP contribution in [-0.4, -0.2) is 74.9 Å². The number of hydrogen-bond acceptors (Lipinski definition) is 7. The molecular formula is C46H83NO8P+. The van der Waals surface area contributed by atoms with Crippen molar-refractivity contribution in [2.24, 2.45) is 0 Å². The molecule has 0 aromatic rings. The summed E-state index contributed by atoms with van der Waals surface area (Å²) < 4.78 is 34.2. The highest BCUT2D eigenvalue weighted by atomic mass is 31.2. The van der Waals surface area contributed by atoms with E-state index in [1.54, 1.807) is 0 Å². The number of quaternary nitrogens is 1. The lowest BCUT2D eigenvalue weighted by molar-refractivity contribution is -0.870. The summed E-state index contributed by atoms with van der Waals surface area (Å²) in [5.74, 6) is -0.867. The lowest BCUT2D eigenvalue weighted by Crippen LogP contribution is -2.37. The summed E-state index contributed by atoms with van der Waals surface area (Å²) in [6.07, 6.45) is 45.6. The molecule has 1 unspecified atom stereocenters. The third kappa shape index (κ3) is 41.3. The minimum Gasteiger partial charge on any atom is -0.462 e. The van der Waals surface area contributed by atoms with Crippen molar-refractivity contribution in [3.05, 3.63) is 60.8 Å². The lowest BCUT2D eigenvalue weighted by atomic mass is 10.0. The highest BCUT2D eigenvalue weighted by Gasteiger charge is 2.27. The van der Waals surface area contributed by atoms with Crippen molar-refractivity contribution in [3.63, 3.8) is 0 Å². The number of rotatable bonds is 39. The molecule has 0 bridgehead atoms. The normalized spacial score (nSPS) is 14.2. The van der Waals surface area contributed by atoms with Gasteiger partial charge >= 0.3 is 19.8 Å². The second-order valence-corrected chi connectivity index (χ2v) is 17.2. The van der Waals surface area contributed by atoms with Crippen LogP contribution < -0.4 is 0 Å². The highest BCUT2D eigenvalue weighted by molar-refractivity contribution is 7.47. The van der Waals surface area contributed by atoms with E-state index < -0.39 is 26.5 Å². The summed E-state index contributed by atoms with van der Waals surface area (Å²) >= 11 is 0. The van der Waals surface area contributed by atoms with Gasteiger partial charge in [0.1, 0.15) is 19.8 Å². The van der Waals surface area contributed by atoms with Gasteiger partial charge in [0.25, 0.3) is 0 Å². The van der Waals surface area contributed by atoms with E-state index >= 15 is 0 Å². The summed E-state index contributed by atoms with van der Waals surface area (Å²) in [5.41, 5.74) is 0. The molecule has 0 aliphatic heterocycles. The maximum Gasteiger partial charge on any atom is 0.472 e. The van der Waals surface area contributed by atoms with Crippen molar-refractivity contribution < 1.29 is 42.1 Å². The first-order valence-corrected chi connectivity index (χ1v) is 23.5. The topological polar surface area (TPSA) is 108 Å². The maximum absolute atomic E-state index is 12.7. The molecule has 0 saturated carbocycles. The molecule has 0 aromatic carbocycles. The van der Waals surface area contributed by atoms with E-state index in [0.717, 1.165) is 51.4 Å². The third-order valence-corrected chi connectivity index (χ3v) is 10.0. The zero-order chi connectivity index (χ0) is 41.4. The summed E-state index contributed by atoms with van der Waals surface area (Å²) in [5, 5.41) is 0. The molecule has 0 spiro atoms. The molecule has 0 rings (SSSR count). The predicted octanol–water partition coefficient (Wildman–Crippen LogP) is 12.5. The van der Waals surface area contributed by atoms with Crippen molar-refractivity contribution in [1.29, 1.82) is 0 Å². The number of carbonyl (C=O) groups is 2. The largest absolute Gasteiger partial charge is 0.472 e. The van der Waals surface area contributed by atoms with Crippen LogP contribution in [0.4, 0.5) is 0 Å². The first kappa shape index (κ1) is 53.7. The Balaban J connectivity index is 4.46. The zero-order valence-corrected chi connectivity index (χ0v) is 37.2. The molecule has 0 radical (unpaired) electrons. The van der Waals surface area contributed by atoms with Crippen LogP contribution in [0.1, 0.15) is 168 Å². The van der Waals surface area contributed by atoms with Crippen molar-refractivity contribution in [1.82, 2.24) is 0 Å². The Hall–Kier alpha value is -2.29. The monoisotopic (exact) mass is 809 g/mol. The van der Waals surface area contributed by atoms with E-state index in [9.17, 15) is 19.0 Å². The fourth-order valence-electron chi connectivity index (χ4n) is 5.64. The zero-order valence-electron chi connectivity index (χ0n) is 36.3. The van der Waals surface area contributed by atoms with Gasteiger partial charge in [-0.25, -0.2) is 4.57 Å². The Bertz CT molecular complexity index is 1140. The summed E-state index contributed by atoms with van der Waals surface area (Å²) in [6, 6.07) is 0. The molecule has 56 heavy (non-hydrogen) atoms. The Morgan fingerprint density at radius 1 is 0.571 bits per heavy atom. The number of nitrogens with zero attached hydrogens (tertiary/aromatic N) is 1. The number of esters is 2. The van der Waals surface area contributed by atoms with Gasteiger partial charge in [-0.3, -0.25) is 18.6 Å². The number of phosphoric ester groups is 1. The van der Waals surface area contributed by atoms with Gasteiger partial charge in [-0.1, -0.05) is 164 Å². The molecule has 0 saturated heterocycles. The predicted molar refractivity (Wildman–Crippen MR) is 233 cm³/mol. The number of allylic oxidation sites excluding steroid dienone is 10. The summed E-state index contributed by atoms with van der Waals surface area (Å²) in [7, 11) is 1.44. The quantitative estimate of drug-likeness (QED) is 0.0215. The van der Waals surface area contributed by atoms with Crippen LogP contribution in [0.15, 0.2) is 60.8 Å². The van der Waals surface area contributed by atoms with Gasteiger partial charge in [-0.15, -0.1) is 0 Å². The number of hydrogen-bond donors (Lipinski definition) is 1. The molecule has 0 aromatic heterocycles. The van der Waals surface area contributed by atoms with Gasteiger partial charge in [0.2, 0.25) is 0 Å². The van der Waals surface area contributed by atoms with Gasteiger partial charge in [-0.05, 0) is 51.4 Å². The van der Waals surface area contributed by atoms with Gasteiger partial charge < -0.3 is 18.9 Å². The van der Waals surface area contributed by atoms with Crippen LogP contribution >= 0.6 is 7.82 Å². The molecule has 10 heteroatoms. The Labute approximate surface area is 343 Å². The van der Waals surface area contributed by atoms with Gasteiger partial charge in [0, 0.05) is 12.8 Å². The standard InChI is InChI=1S/C46H82NO8P/c1-6-8-10-12-14-16-18-20-22-23-25-27-29-31-33-35-37-39-46(49)55-44(43-54-56(50,51)53-41-40-47(3,4)5)42-52-45(48)38-36-34-32-30-28-26-24-21-19-17-15-13-11-9-7-2/h8,10,14,16,20,22,25,27,31,33,44H,6-7,9,11-13,15,17-19,21,23-24,26,28-30,32,34-43H2,1-5H3/p+1/b10-8-,16-14-,22-20-,27-25-,33-31-/t44-/m1/s1. The van der Waals surface area contributed by atoms with Crippen LogP contribution in [0.2, 0.25) is 0 Å². The maximum atomic E-state index is 12.7. The minimum atomic E-state index is -4.39. The molecular weight excluding hydrogens is 725 g/mol. The number of carbonyl (C=O) groups excluding carboxylic acids is 2. The third-order valence-electron chi connectivity index (χ3n) is 9.06. The van der Waals surface area contributed by atoms with Gasteiger partial charge in [0.15, 0.2) is 6.10 Å². The molecule has 0 amide bonds. The molecule has 324 valence electrons. The molecule has 0 heterocycles. The van der Waals surface area contributed by atoms with E-state index in [1.807, 2.05) is 27.2 Å². The Kier molecular flexibility index (Phi) is 36.7. The van der Waals surface area contributed by atoms with E-state index in [0.29, 0.717) is 23.9 Å². The fraction of sp³-hybridized carbons (Fsp3) is 0.739. The SMILES string of the molecule is CC/C=C\C/C=C\C/C=C\C/C=C\C/C=C\CCCC(=O)O[C@H](COC(=O)CCCCCCCCCCCCCCCCC)COP(=O)(O)OCC[N+](C)(C)C. The van der Waals surface area contributed by atoms with Crippen molar-refractivity contribution in [2.75, 3.05) is 47.5 Å². The van der Waals surface area contributed by atoms with E-state index in [1.165, 1.54) is 77.0 Å². The average Bonchev–Trinajstić information content (AvgIpc) is 3.15. The van der Waals surface area contributed by atoms with Crippen LogP contribution in [0, 0.1) is 0 Å². The average molecular weight is 809 g/mol. The molecule has 0 aliphatic rings. The first-order chi connectivity index (χ1) is 27.0. The number of likely N-dealkylation sites (N-methyl/N-ethyl adjacent to an activating group) is 1. The van der Waals surface area contributed by atoms with E-state index in [4.69, 9.17) is 18.5 Å². The molecule has 9 nitrogen and oxygen atoms in total. The van der Waals surface area contributed by atoms with E-state index in [-0.39, 0.29) is 32.0 Å². The number of unbranched alkanes of at least 4 members (excludes halogenated alkanes) is 15. The number of ether oxygens (including phenoxy) is 2. The van der Waals surface area contributed by atoms with Crippen LogP contribution in [0.3, 0.4) is 0 Å². The van der Waals surface area contributed by atoms with Crippen molar-refractivity contribution in [3.8, 4) is 0 Å². The number of phosphoric acid groups is 1. The van der Waals surface area contributed by atoms with Crippen LogP contribution in [0.5, 0.6) is 0 Å². The highest BCUT2D eigenvalue weighted by Crippen LogP contribution is 2.43. The first-order valence-electron chi connectivity index (χ1n) is 22.0. The van der Waals surface area contributed by atoms with Crippen LogP contribution in [-0.2, 0) is 32.7 Å². The smallest absolute Gasteiger partial charge is 0.462 e. The van der Waals surface area contributed by atoms with Gasteiger partial charge in [-0.2, -0.15) is 0 Å². The van der Waals surface area contributed by atoms with Crippen molar-refractivity contribution >= 4 is 19.8 Å². The van der Waals surface area contributed by atoms with E-state index in [2.05, 4.69) is 68.5 Å². The minimum absolute atomic E-state index is 0.0196. The van der Waals surface area contributed by atoms with Gasteiger partial charge in [0.05, 0.1) is 27.7 Å². The van der Waals surface area contributed by atoms with Crippen molar-refractivity contribution in [2.45, 2.75) is 174 Å². The summed E-state index contributed by atoms with van der Waals surface area (Å²) in [6.45, 7) is 4.24. The summed E-state index contributed by atoms with van der Waals surface area (Å²) in [4.78, 5) is 35.3. The lowest BCUT2D eigenvalue weighted by Gasteiger charge is -2.24. The second-order valence-electron chi connectivity index (χ2n) is 15.7. The molecule has 2 atom stereocenters. The molecule has 0 aliphatic carbocycles. The fourth-order valence-corrected chi connectivity index (χ4v) is 6.38. The van der Waals surface area contributed by atoms with Crippen LogP contribution in [0.25, 0.3) is 0 Å². The molecule has 1 N–H and O–H groups in total.